The lowest BCUT2D eigenvalue weighted by atomic mass is 9.97. The van der Waals surface area contributed by atoms with Crippen LogP contribution < -0.4 is 4.90 Å². The largest absolute Gasteiger partial charge is 0.478 e. The van der Waals surface area contributed by atoms with Crippen LogP contribution in [0.5, 0.6) is 0 Å². The van der Waals surface area contributed by atoms with Gasteiger partial charge in [-0.1, -0.05) is 18.2 Å². The van der Waals surface area contributed by atoms with E-state index in [-0.39, 0.29) is 17.5 Å². The Hall–Kier alpha value is -2.93. The highest BCUT2D eigenvalue weighted by molar-refractivity contribution is 7.17. The fourth-order valence-corrected chi connectivity index (χ4v) is 4.76. The lowest BCUT2D eigenvalue weighted by Crippen LogP contribution is -2.40. The SMILES string of the molecule is CCOC(=O)[C@H]1CCCN(c2nc(-c3csc4ccccc34)ccc2C(=O)O)C1. The standard InChI is InChI=1S/C22H22N2O4S/c1-2-28-22(27)14-6-5-11-24(12-14)20-16(21(25)26)9-10-18(23-20)17-13-29-19-8-4-3-7-15(17)19/h3-4,7-10,13-14H,2,5-6,11-12H2,1H3,(H,25,26)/t14-/m0/s1. The number of hydrogen-bond donors (Lipinski definition) is 1. The second-order valence-corrected chi connectivity index (χ2v) is 7.97. The number of pyridine rings is 1. The van der Waals surface area contributed by atoms with E-state index in [0.717, 1.165) is 34.2 Å². The van der Waals surface area contributed by atoms with Crippen LogP contribution in [0.15, 0.2) is 41.8 Å². The zero-order valence-corrected chi connectivity index (χ0v) is 16.9. The number of nitrogens with zero attached hydrogens (tertiary/aromatic N) is 2. The van der Waals surface area contributed by atoms with Crippen LogP contribution in [-0.4, -0.2) is 41.7 Å². The molecule has 150 valence electrons. The summed E-state index contributed by atoms with van der Waals surface area (Å²) < 4.78 is 6.33. The van der Waals surface area contributed by atoms with Crippen molar-refractivity contribution < 1.29 is 19.4 Å². The molecule has 0 saturated carbocycles. The van der Waals surface area contributed by atoms with Gasteiger partial charge in [-0.15, -0.1) is 11.3 Å². The summed E-state index contributed by atoms with van der Waals surface area (Å²) in [6.45, 7) is 3.21. The molecule has 1 atom stereocenters. The van der Waals surface area contributed by atoms with E-state index >= 15 is 0 Å². The molecule has 6 nitrogen and oxygen atoms in total. The molecule has 0 spiro atoms. The first-order valence-corrected chi connectivity index (χ1v) is 10.6. The highest BCUT2D eigenvalue weighted by atomic mass is 32.1. The van der Waals surface area contributed by atoms with Gasteiger partial charge in [0, 0.05) is 34.1 Å². The Kier molecular flexibility index (Phi) is 5.49. The second-order valence-electron chi connectivity index (χ2n) is 7.06. The lowest BCUT2D eigenvalue weighted by molar-refractivity contribution is -0.148. The topological polar surface area (TPSA) is 79.7 Å². The van der Waals surface area contributed by atoms with E-state index in [1.807, 2.05) is 23.1 Å². The summed E-state index contributed by atoms with van der Waals surface area (Å²) in [6.07, 6.45) is 1.53. The van der Waals surface area contributed by atoms with Gasteiger partial charge in [0.25, 0.3) is 0 Å². The molecule has 4 rings (SSSR count). The minimum Gasteiger partial charge on any atom is -0.478 e. The third kappa shape index (κ3) is 3.82. The zero-order chi connectivity index (χ0) is 20.4. The Balaban J connectivity index is 1.73. The van der Waals surface area contributed by atoms with Crippen molar-refractivity contribution >= 4 is 39.2 Å². The van der Waals surface area contributed by atoms with E-state index in [2.05, 4.69) is 11.4 Å². The molecule has 0 radical (unpaired) electrons. The molecule has 1 fully saturated rings. The van der Waals surface area contributed by atoms with Crippen LogP contribution in [0.2, 0.25) is 0 Å². The molecule has 1 N–H and O–H groups in total. The number of piperidine rings is 1. The predicted molar refractivity (Wildman–Crippen MR) is 114 cm³/mol. The lowest BCUT2D eigenvalue weighted by Gasteiger charge is -2.33. The van der Waals surface area contributed by atoms with E-state index < -0.39 is 5.97 Å². The summed E-state index contributed by atoms with van der Waals surface area (Å²) in [7, 11) is 0. The Morgan fingerprint density at radius 1 is 1.28 bits per heavy atom. The molecule has 3 aromatic rings. The number of esters is 1. The number of hydrogen-bond acceptors (Lipinski definition) is 6. The highest BCUT2D eigenvalue weighted by Gasteiger charge is 2.30. The number of ether oxygens (including phenoxy) is 1. The molecule has 1 saturated heterocycles. The molecule has 1 aromatic carbocycles. The van der Waals surface area contributed by atoms with Gasteiger partial charge in [0.15, 0.2) is 0 Å². The van der Waals surface area contributed by atoms with Crippen molar-refractivity contribution in [2.45, 2.75) is 19.8 Å². The van der Waals surface area contributed by atoms with E-state index in [1.165, 1.54) is 0 Å². The van der Waals surface area contributed by atoms with Crippen molar-refractivity contribution in [2.75, 3.05) is 24.6 Å². The minimum absolute atomic E-state index is 0.151. The third-order valence-corrected chi connectivity index (χ3v) is 6.17. The average Bonchev–Trinajstić information content (AvgIpc) is 3.18. The van der Waals surface area contributed by atoms with E-state index in [4.69, 9.17) is 9.72 Å². The number of carbonyl (C=O) groups is 2. The quantitative estimate of drug-likeness (QED) is 0.627. The summed E-state index contributed by atoms with van der Waals surface area (Å²) in [6, 6.07) is 11.5. The number of aromatic nitrogens is 1. The number of aromatic carboxylic acids is 1. The number of anilines is 1. The molecule has 0 unspecified atom stereocenters. The van der Waals surface area contributed by atoms with E-state index in [9.17, 15) is 14.7 Å². The van der Waals surface area contributed by atoms with Crippen molar-refractivity contribution in [3.8, 4) is 11.3 Å². The molecule has 7 heteroatoms. The third-order valence-electron chi connectivity index (χ3n) is 5.20. The Labute approximate surface area is 172 Å². The van der Waals surface area contributed by atoms with Gasteiger partial charge in [0.1, 0.15) is 11.4 Å². The Morgan fingerprint density at radius 2 is 2.10 bits per heavy atom. The summed E-state index contributed by atoms with van der Waals surface area (Å²) in [5.41, 5.74) is 1.88. The molecule has 0 aliphatic carbocycles. The summed E-state index contributed by atoms with van der Waals surface area (Å²) in [5, 5.41) is 12.8. The van der Waals surface area contributed by atoms with Gasteiger partial charge in [-0.05, 0) is 38.0 Å². The van der Waals surface area contributed by atoms with E-state index in [0.29, 0.717) is 25.5 Å². The molecule has 0 amide bonds. The second kappa shape index (κ2) is 8.21. The average molecular weight is 410 g/mol. The molecule has 0 bridgehead atoms. The van der Waals surface area contributed by atoms with Crippen LogP contribution >= 0.6 is 11.3 Å². The number of carbonyl (C=O) groups excluding carboxylic acids is 1. The zero-order valence-electron chi connectivity index (χ0n) is 16.1. The molecular formula is C22H22N2O4S. The van der Waals surface area contributed by atoms with Crippen LogP contribution in [0.3, 0.4) is 0 Å². The highest BCUT2D eigenvalue weighted by Crippen LogP contribution is 2.35. The van der Waals surface area contributed by atoms with Gasteiger partial charge >= 0.3 is 11.9 Å². The number of carboxylic acids is 1. The van der Waals surface area contributed by atoms with Gasteiger partial charge in [0.2, 0.25) is 0 Å². The Morgan fingerprint density at radius 3 is 2.90 bits per heavy atom. The van der Waals surface area contributed by atoms with Crippen molar-refractivity contribution in [3.63, 3.8) is 0 Å². The fraction of sp³-hybridized carbons (Fsp3) is 0.318. The maximum Gasteiger partial charge on any atom is 0.339 e. The maximum absolute atomic E-state index is 12.2. The fourth-order valence-electron chi connectivity index (χ4n) is 3.80. The van der Waals surface area contributed by atoms with Crippen molar-refractivity contribution in [1.29, 1.82) is 0 Å². The van der Waals surface area contributed by atoms with Crippen LogP contribution in [0.25, 0.3) is 21.3 Å². The van der Waals surface area contributed by atoms with Crippen LogP contribution in [0.1, 0.15) is 30.1 Å². The Bertz CT molecular complexity index is 1060. The van der Waals surface area contributed by atoms with Crippen molar-refractivity contribution in [3.05, 3.63) is 47.3 Å². The normalized spacial score (nSPS) is 16.7. The molecule has 1 aliphatic heterocycles. The number of carboxylic acid groups (broad SMARTS) is 1. The molecular weight excluding hydrogens is 388 g/mol. The smallest absolute Gasteiger partial charge is 0.339 e. The minimum atomic E-state index is -1.02. The number of fused-ring (bicyclic) bond motifs is 1. The van der Waals surface area contributed by atoms with Gasteiger partial charge in [-0.2, -0.15) is 0 Å². The molecule has 1 aliphatic rings. The summed E-state index contributed by atoms with van der Waals surface area (Å²) >= 11 is 1.64. The van der Waals surface area contributed by atoms with Gasteiger partial charge in [-0.3, -0.25) is 4.79 Å². The molecule has 29 heavy (non-hydrogen) atoms. The van der Waals surface area contributed by atoms with Gasteiger partial charge in [0.05, 0.1) is 18.2 Å². The first kappa shape index (κ1) is 19.4. The number of thiophene rings is 1. The van der Waals surface area contributed by atoms with E-state index in [1.54, 1.807) is 30.4 Å². The maximum atomic E-state index is 12.2. The van der Waals surface area contributed by atoms with Crippen LogP contribution in [0, 0.1) is 5.92 Å². The van der Waals surface area contributed by atoms with Crippen LogP contribution in [0.4, 0.5) is 5.82 Å². The summed E-state index contributed by atoms with van der Waals surface area (Å²) in [4.78, 5) is 30.7. The van der Waals surface area contributed by atoms with Gasteiger partial charge in [-0.25, -0.2) is 9.78 Å². The summed E-state index contributed by atoms with van der Waals surface area (Å²) in [5.74, 6) is -1.10. The first-order chi connectivity index (χ1) is 14.1. The molecule has 2 aromatic heterocycles. The monoisotopic (exact) mass is 410 g/mol. The number of rotatable bonds is 5. The predicted octanol–water partition coefficient (Wildman–Crippen LogP) is 4.44. The first-order valence-electron chi connectivity index (χ1n) is 9.71. The number of benzene rings is 1. The van der Waals surface area contributed by atoms with Crippen molar-refractivity contribution in [2.24, 2.45) is 5.92 Å². The van der Waals surface area contributed by atoms with Crippen LogP contribution in [-0.2, 0) is 9.53 Å². The van der Waals surface area contributed by atoms with Gasteiger partial charge < -0.3 is 14.7 Å². The molecule has 3 heterocycles. The van der Waals surface area contributed by atoms with Crippen molar-refractivity contribution in [1.82, 2.24) is 4.98 Å².